The lowest BCUT2D eigenvalue weighted by Crippen LogP contribution is -2.26. The second-order valence-electron chi connectivity index (χ2n) is 5.51. The van der Waals surface area contributed by atoms with Crippen LogP contribution in [0.5, 0.6) is 0 Å². The van der Waals surface area contributed by atoms with Crippen LogP contribution in [0.1, 0.15) is 36.4 Å². The highest BCUT2D eigenvalue weighted by molar-refractivity contribution is 5.29. The van der Waals surface area contributed by atoms with Crippen molar-refractivity contribution in [3.8, 4) is 0 Å². The molecule has 1 N–H and O–H groups in total. The highest BCUT2D eigenvalue weighted by atomic mass is 19.1. The Labute approximate surface area is 119 Å². The molecular weight excluding hydrogens is 255 g/mol. The predicted octanol–water partition coefficient (Wildman–Crippen LogP) is 3.11. The van der Waals surface area contributed by atoms with Gasteiger partial charge in [0.1, 0.15) is 5.82 Å². The number of benzene rings is 1. The van der Waals surface area contributed by atoms with Gasteiger partial charge in [-0.05, 0) is 51.0 Å². The summed E-state index contributed by atoms with van der Waals surface area (Å²) in [6.45, 7) is 8.11. The molecule has 1 heterocycles. The first-order valence-electron chi connectivity index (χ1n) is 6.86. The summed E-state index contributed by atoms with van der Waals surface area (Å²) in [4.78, 5) is 0. The van der Waals surface area contributed by atoms with Gasteiger partial charge in [-0.25, -0.2) is 4.39 Å². The zero-order valence-electron chi connectivity index (χ0n) is 12.4. The number of rotatable bonds is 4. The third-order valence-corrected chi connectivity index (χ3v) is 3.60. The molecule has 3 nitrogen and oxygen atoms in total. The molecule has 0 bridgehead atoms. The number of aryl methyl sites for hydroxylation is 3. The first-order valence-corrected chi connectivity index (χ1v) is 6.86. The van der Waals surface area contributed by atoms with Gasteiger partial charge in [0.2, 0.25) is 0 Å². The second-order valence-corrected chi connectivity index (χ2v) is 5.51. The van der Waals surface area contributed by atoms with Gasteiger partial charge in [-0.2, -0.15) is 5.10 Å². The van der Waals surface area contributed by atoms with Gasteiger partial charge in [0.05, 0.1) is 11.3 Å². The van der Waals surface area contributed by atoms with Gasteiger partial charge in [-0.15, -0.1) is 0 Å². The lowest BCUT2D eigenvalue weighted by atomic mass is 9.90. The van der Waals surface area contributed by atoms with E-state index < -0.39 is 5.60 Å². The molecule has 2 rings (SSSR count). The van der Waals surface area contributed by atoms with Crippen molar-refractivity contribution < 1.29 is 9.50 Å². The van der Waals surface area contributed by atoms with E-state index in [9.17, 15) is 9.50 Å². The molecule has 1 atom stereocenters. The average Bonchev–Trinajstić information content (AvgIpc) is 2.72. The van der Waals surface area contributed by atoms with E-state index in [1.807, 2.05) is 24.6 Å². The summed E-state index contributed by atoms with van der Waals surface area (Å²) in [5.41, 5.74) is 1.93. The van der Waals surface area contributed by atoms with E-state index in [0.29, 0.717) is 17.5 Å². The Morgan fingerprint density at radius 1 is 1.30 bits per heavy atom. The molecule has 4 heteroatoms. The Balaban J connectivity index is 2.32. The Kier molecular flexibility index (Phi) is 3.95. The van der Waals surface area contributed by atoms with Crippen molar-refractivity contribution in [1.29, 1.82) is 0 Å². The molecule has 0 saturated heterocycles. The minimum absolute atomic E-state index is 0.289. The van der Waals surface area contributed by atoms with E-state index in [1.165, 1.54) is 6.07 Å². The molecule has 0 fully saturated rings. The summed E-state index contributed by atoms with van der Waals surface area (Å²) < 4.78 is 15.5. The predicted molar refractivity (Wildman–Crippen MR) is 77.0 cm³/mol. The summed E-state index contributed by atoms with van der Waals surface area (Å²) >= 11 is 0. The Morgan fingerprint density at radius 2 is 2.00 bits per heavy atom. The van der Waals surface area contributed by atoms with E-state index in [0.717, 1.165) is 17.9 Å². The summed E-state index contributed by atoms with van der Waals surface area (Å²) in [6, 6.07) is 6.84. The summed E-state index contributed by atoms with van der Waals surface area (Å²) in [6.07, 6.45) is 0.407. The number of hydrogen-bond donors (Lipinski definition) is 1. The molecule has 1 aromatic carbocycles. The third kappa shape index (κ3) is 2.90. The largest absolute Gasteiger partial charge is 0.385 e. The fraction of sp³-hybridized carbons (Fsp3) is 0.438. The highest BCUT2D eigenvalue weighted by Crippen LogP contribution is 2.27. The standard InChI is InChI=1S/C16H21FN2O/c1-5-19-14(8-12(3)18-19)10-16(4,20)13-7-6-11(2)15(17)9-13/h6-9,20H,5,10H2,1-4H3. The average molecular weight is 276 g/mol. The SMILES string of the molecule is CCn1nc(C)cc1CC(C)(O)c1ccc(C)c(F)c1. The molecule has 0 radical (unpaired) electrons. The van der Waals surface area contributed by atoms with Crippen LogP contribution in [0.15, 0.2) is 24.3 Å². The summed E-state index contributed by atoms with van der Waals surface area (Å²) in [5.74, 6) is -0.289. The number of aliphatic hydroxyl groups is 1. The normalized spacial score (nSPS) is 14.3. The van der Waals surface area contributed by atoms with E-state index in [4.69, 9.17) is 0 Å². The number of halogens is 1. The van der Waals surface area contributed by atoms with Gasteiger partial charge in [-0.3, -0.25) is 4.68 Å². The zero-order valence-corrected chi connectivity index (χ0v) is 12.4. The fourth-order valence-electron chi connectivity index (χ4n) is 2.40. The van der Waals surface area contributed by atoms with Gasteiger partial charge in [0.25, 0.3) is 0 Å². The van der Waals surface area contributed by atoms with E-state index in [2.05, 4.69) is 5.10 Å². The molecule has 0 aliphatic carbocycles. The Bertz CT molecular complexity index is 617. The van der Waals surface area contributed by atoms with Crippen LogP contribution >= 0.6 is 0 Å². The minimum atomic E-state index is -1.12. The number of aromatic nitrogens is 2. The van der Waals surface area contributed by atoms with Gasteiger partial charge < -0.3 is 5.11 Å². The molecule has 108 valence electrons. The van der Waals surface area contributed by atoms with Gasteiger partial charge in [-0.1, -0.05) is 12.1 Å². The molecule has 20 heavy (non-hydrogen) atoms. The quantitative estimate of drug-likeness (QED) is 0.931. The van der Waals surface area contributed by atoms with Gasteiger partial charge >= 0.3 is 0 Å². The maximum Gasteiger partial charge on any atom is 0.126 e. The smallest absolute Gasteiger partial charge is 0.126 e. The Morgan fingerprint density at radius 3 is 2.60 bits per heavy atom. The van der Waals surface area contributed by atoms with E-state index in [1.54, 1.807) is 26.0 Å². The van der Waals surface area contributed by atoms with Crippen LogP contribution in [0.4, 0.5) is 4.39 Å². The number of nitrogens with zero attached hydrogens (tertiary/aromatic N) is 2. The minimum Gasteiger partial charge on any atom is -0.385 e. The Hall–Kier alpha value is -1.68. The van der Waals surface area contributed by atoms with Crippen LogP contribution in [-0.2, 0) is 18.6 Å². The summed E-state index contributed by atoms with van der Waals surface area (Å²) in [5, 5.41) is 15.0. The van der Waals surface area contributed by atoms with Crippen LogP contribution in [0, 0.1) is 19.7 Å². The van der Waals surface area contributed by atoms with Crippen LogP contribution in [0.2, 0.25) is 0 Å². The van der Waals surface area contributed by atoms with Gasteiger partial charge in [0.15, 0.2) is 0 Å². The lowest BCUT2D eigenvalue weighted by Gasteiger charge is -2.24. The van der Waals surface area contributed by atoms with Crippen molar-refractivity contribution in [2.45, 2.75) is 46.3 Å². The maximum absolute atomic E-state index is 13.7. The van der Waals surface area contributed by atoms with Crippen LogP contribution in [-0.4, -0.2) is 14.9 Å². The first kappa shape index (κ1) is 14.7. The lowest BCUT2D eigenvalue weighted by molar-refractivity contribution is 0.0550. The topological polar surface area (TPSA) is 38.0 Å². The number of hydrogen-bond acceptors (Lipinski definition) is 2. The summed E-state index contributed by atoms with van der Waals surface area (Å²) in [7, 11) is 0. The molecular formula is C16H21FN2O. The molecule has 0 aliphatic rings. The third-order valence-electron chi connectivity index (χ3n) is 3.60. The highest BCUT2D eigenvalue weighted by Gasteiger charge is 2.26. The molecule has 0 aliphatic heterocycles. The molecule has 0 amide bonds. The van der Waals surface area contributed by atoms with Crippen molar-refractivity contribution in [1.82, 2.24) is 9.78 Å². The monoisotopic (exact) mass is 276 g/mol. The van der Waals surface area contributed by atoms with Gasteiger partial charge in [0, 0.05) is 18.7 Å². The van der Waals surface area contributed by atoms with Crippen LogP contribution in [0.25, 0.3) is 0 Å². The fourth-order valence-corrected chi connectivity index (χ4v) is 2.40. The van der Waals surface area contributed by atoms with Crippen molar-refractivity contribution in [3.63, 3.8) is 0 Å². The van der Waals surface area contributed by atoms with Crippen molar-refractivity contribution >= 4 is 0 Å². The van der Waals surface area contributed by atoms with E-state index in [-0.39, 0.29) is 5.82 Å². The van der Waals surface area contributed by atoms with Crippen molar-refractivity contribution in [2.24, 2.45) is 0 Å². The molecule has 2 aromatic rings. The van der Waals surface area contributed by atoms with Crippen molar-refractivity contribution in [3.05, 3.63) is 52.6 Å². The first-order chi connectivity index (χ1) is 9.33. The molecule has 0 spiro atoms. The van der Waals surface area contributed by atoms with Crippen LogP contribution < -0.4 is 0 Å². The second kappa shape index (κ2) is 5.37. The van der Waals surface area contributed by atoms with Crippen molar-refractivity contribution in [2.75, 3.05) is 0 Å². The molecule has 1 unspecified atom stereocenters. The zero-order chi connectivity index (χ0) is 14.9. The van der Waals surface area contributed by atoms with Crippen LogP contribution in [0.3, 0.4) is 0 Å². The van der Waals surface area contributed by atoms with E-state index >= 15 is 0 Å². The molecule has 1 aromatic heterocycles. The molecule has 0 saturated carbocycles. The maximum atomic E-state index is 13.7.